The number of esters is 1. The van der Waals surface area contributed by atoms with Crippen molar-refractivity contribution in [3.8, 4) is 11.8 Å². The van der Waals surface area contributed by atoms with Gasteiger partial charge in [-0.05, 0) is 48.7 Å². The van der Waals surface area contributed by atoms with E-state index in [1.165, 1.54) is 0 Å². The lowest BCUT2D eigenvalue weighted by molar-refractivity contribution is -0.165. The molecule has 4 nitrogen and oxygen atoms in total. The molecule has 0 bridgehead atoms. The summed E-state index contributed by atoms with van der Waals surface area (Å²) in [5.41, 5.74) is 0.193. The highest BCUT2D eigenvalue weighted by atomic mass is 16.6. The van der Waals surface area contributed by atoms with Crippen LogP contribution < -0.4 is 4.74 Å². The van der Waals surface area contributed by atoms with Gasteiger partial charge in [0.15, 0.2) is 5.41 Å². The first-order chi connectivity index (χ1) is 17.3. The Balaban J connectivity index is 2.07. The molecule has 2 unspecified atom stereocenters. The quantitative estimate of drug-likeness (QED) is 0.267. The van der Waals surface area contributed by atoms with Gasteiger partial charge in [-0.3, -0.25) is 4.79 Å². The predicted molar refractivity (Wildman–Crippen MR) is 143 cm³/mol. The summed E-state index contributed by atoms with van der Waals surface area (Å²) >= 11 is 0. The fourth-order valence-electron chi connectivity index (χ4n) is 4.83. The number of carbonyl (C=O) groups excluding carboxylic acids is 1. The third-order valence-electron chi connectivity index (χ3n) is 6.37. The fraction of sp³-hybridized carbons (Fsp3) is 0.250. The van der Waals surface area contributed by atoms with Gasteiger partial charge < -0.3 is 9.47 Å². The summed E-state index contributed by atoms with van der Waals surface area (Å²) in [7, 11) is 1.61. The van der Waals surface area contributed by atoms with Crippen LogP contribution in [0.15, 0.2) is 97.1 Å². The highest BCUT2D eigenvalue weighted by molar-refractivity contribution is 5.90. The molecule has 0 spiro atoms. The predicted octanol–water partition coefficient (Wildman–Crippen LogP) is 7.07. The molecule has 0 aromatic heterocycles. The Kier molecular flexibility index (Phi) is 7.12. The minimum atomic E-state index is -1.56. The largest absolute Gasteiger partial charge is 0.496 e. The number of carbonyl (C=O) groups is 1. The van der Waals surface area contributed by atoms with Crippen LogP contribution in [0.1, 0.15) is 43.4 Å². The summed E-state index contributed by atoms with van der Waals surface area (Å²) in [6.07, 6.45) is 0.186. The molecule has 4 aromatic rings. The summed E-state index contributed by atoms with van der Waals surface area (Å²) in [5, 5.41) is 13.0. The van der Waals surface area contributed by atoms with E-state index < -0.39 is 22.9 Å². The molecule has 0 fully saturated rings. The lowest BCUT2D eigenvalue weighted by Crippen LogP contribution is -2.43. The van der Waals surface area contributed by atoms with E-state index in [9.17, 15) is 10.1 Å². The van der Waals surface area contributed by atoms with E-state index >= 15 is 0 Å². The number of fused-ring (bicyclic) bond motifs is 1. The maximum absolute atomic E-state index is 14.2. The van der Waals surface area contributed by atoms with Crippen molar-refractivity contribution in [3.63, 3.8) is 0 Å². The number of hydrogen-bond acceptors (Lipinski definition) is 4. The van der Waals surface area contributed by atoms with Crippen molar-refractivity contribution >= 4 is 16.7 Å². The highest BCUT2D eigenvalue weighted by Gasteiger charge is 2.51. The van der Waals surface area contributed by atoms with Crippen LogP contribution in [0.5, 0.6) is 5.75 Å². The fourth-order valence-corrected chi connectivity index (χ4v) is 4.83. The molecule has 4 aromatic carbocycles. The van der Waals surface area contributed by atoms with E-state index in [0.717, 1.165) is 27.5 Å². The zero-order chi connectivity index (χ0) is 25.8. The van der Waals surface area contributed by atoms with Crippen LogP contribution >= 0.6 is 0 Å². The lowest BCUT2D eigenvalue weighted by atomic mass is 9.65. The molecule has 0 N–H and O–H groups in total. The molecule has 36 heavy (non-hydrogen) atoms. The molecule has 0 aliphatic carbocycles. The molecule has 0 saturated heterocycles. The van der Waals surface area contributed by atoms with E-state index in [1.807, 2.05) is 118 Å². The third kappa shape index (κ3) is 4.97. The van der Waals surface area contributed by atoms with Crippen LogP contribution in [0, 0.1) is 16.7 Å². The van der Waals surface area contributed by atoms with Crippen molar-refractivity contribution in [2.75, 3.05) is 7.11 Å². The maximum atomic E-state index is 14.2. The topological polar surface area (TPSA) is 59.3 Å². The van der Waals surface area contributed by atoms with Gasteiger partial charge in [0.05, 0.1) is 13.2 Å². The molecular formula is C32H31NO3. The first kappa shape index (κ1) is 25.0. The van der Waals surface area contributed by atoms with Crippen LogP contribution in [0.2, 0.25) is 0 Å². The molecule has 0 radical (unpaired) electrons. The van der Waals surface area contributed by atoms with Gasteiger partial charge in [-0.15, -0.1) is 0 Å². The second-order valence-electron chi connectivity index (χ2n) is 9.99. The van der Waals surface area contributed by atoms with Crippen LogP contribution in [-0.4, -0.2) is 18.7 Å². The highest BCUT2D eigenvalue weighted by Crippen LogP contribution is 2.49. The summed E-state index contributed by atoms with van der Waals surface area (Å²) in [6.45, 7) is 5.47. The Morgan fingerprint density at radius 2 is 1.44 bits per heavy atom. The first-order valence-corrected chi connectivity index (χ1v) is 12.1. The molecule has 182 valence electrons. The number of nitrogens with zero attached hydrogens (tertiary/aromatic N) is 1. The van der Waals surface area contributed by atoms with E-state index in [4.69, 9.17) is 9.47 Å². The number of ether oxygens (including phenoxy) is 2. The second kappa shape index (κ2) is 10.3. The van der Waals surface area contributed by atoms with Gasteiger partial charge >= 0.3 is 5.97 Å². The smallest absolute Gasteiger partial charge is 0.328 e. The number of hydrogen-bond donors (Lipinski definition) is 0. The van der Waals surface area contributed by atoms with Gasteiger partial charge in [0.1, 0.15) is 11.4 Å². The van der Waals surface area contributed by atoms with Crippen LogP contribution in [0.3, 0.4) is 0 Å². The van der Waals surface area contributed by atoms with Crippen LogP contribution in [-0.2, 0) is 16.0 Å². The molecule has 0 aliphatic rings. The molecule has 4 heteroatoms. The van der Waals surface area contributed by atoms with Gasteiger partial charge in [-0.25, -0.2) is 0 Å². The Hall–Kier alpha value is -4.10. The van der Waals surface area contributed by atoms with E-state index in [0.29, 0.717) is 5.75 Å². The molecular weight excluding hydrogens is 446 g/mol. The molecule has 0 heterocycles. The SMILES string of the molecule is COc1ccccc1C(c1cccc2ccccc12)C(C#N)(Cc1ccccc1)C(=O)OC(C)(C)C. The van der Waals surface area contributed by atoms with Gasteiger partial charge in [-0.1, -0.05) is 91.0 Å². The first-order valence-electron chi connectivity index (χ1n) is 12.1. The van der Waals surface area contributed by atoms with E-state index in [-0.39, 0.29) is 6.42 Å². The molecule has 4 rings (SSSR count). The monoisotopic (exact) mass is 477 g/mol. The summed E-state index contributed by atoms with van der Waals surface area (Å²) in [5.74, 6) is -0.586. The third-order valence-corrected chi connectivity index (χ3v) is 6.37. The number of para-hydroxylation sites is 1. The van der Waals surface area contributed by atoms with Crippen molar-refractivity contribution in [3.05, 3.63) is 114 Å². The summed E-state index contributed by atoms with van der Waals surface area (Å²) < 4.78 is 11.7. The van der Waals surface area contributed by atoms with Crippen molar-refractivity contribution in [2.45, 2.75) is 38.7 Å². The summed E-state index contributed by atoms with van der Waals surface area (Å²) in [4.78, 5) is 14.2. The van der Waals surface area contributed by atoms with Crippen molar-refractivity contribution in [1.29, 1.82) is 5.26 Å². The van der Waals surface area contributed by atoms with E-state index in [2.05, 4.69) is 6.07 Å². The average molecular weight is 478 g/mol. The van der Waals surface area contributed by atoms with Crippen molar-refractivity contribution < 1.29 is 14.3 Å². The lowest BCUT2D eigenvalue weighted by Gasteiger charge is -2.37. The van der Waals surface area contributed by atoms with Crippen molar-refractivity contribution in [1.82, 2.24) is 0 Å². The zero-order valence-corrected chi connectivity index (χ0v) is 21.2. The van der Waals surface area contributed by atoms with Crippen LogP contribution in [0.25, 0.3) is 10.8 Å². The number of methoxy groups -OCH3 is 1. The Morgan fingerprint density at radius 1 is 0.833 bits per heavy atom. The van der Waals surface area contributed by atoms with E-state index in [1.54, 1.807) is 7.11 Å². The minimum Gasteiger partial charge on any atom is -0.496 e. The molecule has 0 aliphatic heterocycles. The maximum Gasteiger partial charge on any atom is 0.328 e. The Bertz CT molecular complexity index is 1390. The normalized spacial score (nSPS) is 13.9. The second-order valence-corrected chi connectivity index (χ2v) is 9.99. The Morgan fingerprint density at radius 3 is 2.14 bits per heavy atom. The summed E-state index contributed by atoms with van der Waals surface area (Å²) in [6, 6.07) is 33.8. The molecule has 2 atom stereocenters. The Labute approximate surface area is 213 Å². The van der Waals surface area contributed by atoms with Gasteiger partial charge in [-0.2, -0.15) is 5.26 Å². The van der Waals surface area contributed by atoms with Gasteiger partial charge in [0.25, 0.3) is 0 Å². The molecule has 0 saturated carbocycles. The average Bonchev–Trinajstić information content (AvgIpc) is 2.88. The minimum absolute atomic E-state index is 0.186. The number of rotatable bonds is 7. The van der Waals surface area contributed by atoms with Crippen molar-refractivity contribution in [2.24, 2.45) is 5.41 Å². The van der Waals surface area contributed by atoms with Gasteiger partial charge in [0, 0.05) is 17.9 Å². The number of benzene rings is 4. The number of nitriles is 1. The standard InChI is InChI=1S/C32H31NO3/c1-31(2,3)36-30(34)32(22-33,21-23-13-6-5-7-14-23)29(27-18-10-11-20-28(27)35-4)26-19-12-16-24-15-8-9-17-25(24)26/h5-20,29H,21H2,1-4H3. The zero-order valence-electron chi connectivity index (χ0n) is 21.2. The molecule has 0 amide bonds. The van der Waals surface area contributed by atoms with Gasteiger partial charge in [0.2, 0.25) is 0 Å². The van der Waals surface area contributed by atoms with Crippen LogP contribution in [0.4, 0.5) is 0 Å².